The molecule has 1 N–H and O–H groups in total. The summed E-state index contributed by atoms with van der Waals surface area (Å²) in [6.07, 6.45) is 1.40. The Morgan fingerprint density at radius 1 is 1.27 bits per heavy atom. The molecule has 0 saturated heterocycles. The molecule has 3 nitrogen and oxygen atoms in total. The van der Waals surface area contributed by atoms with Gasteiger partial charge in [-0.1, -0.05) is 35.9 Å². The van der Waals surface area contributed by atoms with Crippen LogP contribution in [0.15, 0.2) is 48.5 Å². The van der Waals surface area contributed by atoms with Crippen molar-refractivity contribution in [3.05, 3.63) is 59.1 Å². The molecule has 1 aliphatic rings. The topological polar surface area (TPSA) is 32.3 Å². The number of carbonyl (C=O) groups is 1. The average Bonchev–Trinajstić information content (AvgIpc) is 2.83. The zero-order valence-electron chi connectivity index (χ0n) is 12.6. The van der Waals surface area contributed by atoms with E-state index in [0.29, 0.717) is 18.0 Å². The van der Waals surface area contributed by atoms with E-state index in [9.17, 15) is 4.79 Å². The van der Waals surface area contributed by atoms with E-state index in [1.165, 1.54) is 5.56 Å². The van der Waals surface area contributed by atoms with Gasteiger partial charge in [0.05, 0.1) is 0 Å². The van der Waals surface area contributed by atoms with Gasteiger partial charge in [0, 0.05) is 35.4 Å². The molecule has 22 heavy (non-hydrogen) atoms. The van der Waals surface area contributed by atoms with Gasteiger partial charge in [-0.05, 0) is 43.2 Å². The van der Waals surface area contributed by atoms with Gasteiger partial charge >= 0.3 is 0 Å². The van der Waals surface area contributed by atoms with Crippen LogP contribution in [0.1, 0.15) is 18.9 Å². The molecule has 0 aliphatic carbocycles. The van der Waals surface area contributed by atoms with Crippen molar-refractivity contribution >= 4 is 28.9 Å². The van der Waals surface area contributed by atoms with E-state index in [2.05, 4.69) is 18.3 Å². The number of fused-ring (bicyclic) bond motifs is 1. The molecule has 0 bridgehead atoms. The molecule has 0 radical (unpaired) electrons. The fourth-order valence-electron chi connectivity index (χ4n) is 2.98. The number of nitrogens with one attached hydrogen (secondary N) is 1. The van der Waals surface area contributed by atoms with Crippen LogP contribution in [0.4, 0.5) is 11.4 Å². The van der Waals surface area contributed by atoms with Crippen LogP contribution in [-0.2, 0) is 11.2 Å². The van der Waals surface area contributed by atoms with Crippen LogP contribution >= 0.6 is 11.6 Å². The summed E-state index contributed by atoms with van der Waals surface area (Å²) in [5, 5.41) is 3.94. The quantitative estimate of drug-likeness (QED) is 0.920. The summed E-state index contributed by atoms with van der Waals surface area (Å²) >= 11 is 5.95. The van der Waals surface area contributed by atoms with E-state index in [-0.39, 0.29) is 11.9 Å². The predicted molar refractivity (Wildman–Crippen MR) is 91.7 cm³/mol. The summed E-state index contributed by atoms with van der Waals surface area (Å²) in [5.74, 6) is 0.159. The first-order chi connectivity index (χ1) is 10.6. The van der Waals surface area contributed by atoms with E-state index in [4.69, 9.17) is 11.6 Å². The Kier molecular flexibility index (Phi) is 4.34. The number of para-hydroxylation sites is 1. The standard InChI is InChI=1S/C18H19ClN2O/c1-13-11-14-5-2-3-8-17(14)21(13)18(22)9-10-20-16-7-4-6-15(19)12-16/h2-8,12-13,20H,9-11H2,1H3. The van der Waals surface area contributed by atoms with E-state index < -0.39 is 0 Å². The minimum absolute atomic E-state index is 0.159. The third kappa shape index (κ3) is 3.09. The van der Waals surface area contributed by atoms with Crippen molar-refractivity contribution in [2.45, 2.75) is 25.8 Å². The molecule has 2 aromatic carbocycles. The van der Waals surface area contributed by atoms with Crippen LogP contribution in [0.25, 0.3) is 0 Å². The van der Waals surface area contributed by atoms with Crippen LogP contribution < -0.4 is 10.2 Å². The summed E-state index contributed by atoms with van der Waals surface area (Å²) in [5.41, 5.74) is 3.25. The summed E-state index contributed by atoms with van der Waals surface area (Å²) in [6.45, 7) is 2.70. The fourth-order valence-corrected chi connectivity index (χ4v) is 3.17. The third-order valence-corrected chi connectivity index (χ3v) is 4.20. The van der Waals surface area contributed by atoms with E-state index >= 15 is 0 Å². The smallest absolute Gasteiger partial charge is 0.229 e. The van der Waals surface area contributed by atoms with Crippen molar-refractivity contribution in [1.29, 1.82) is 0 Å². The van der Waals surface area contributed by atoms with Crippen LogP contribution in [0.5, 0.6) is 0 Å². The Hall–Kier alpha value is -2.00. The molecule has 1 unspecified atom stereocenters. The molecule has 1 atom stereocenters. The molecule has 0 fully saturated rings. The zero-order chi connectivity index (χ0) is 15.5. The van der Waals surface area contributed by atoms with Gasteiger partial charge in [-0.2, -0.15) is 0 Å². The van der Waals surface area contributed by atoms with Gasteiger partial charge in [0.2, 0.25) is 5.91 Å². The lowest BCUT2D eigenvalue weighted by Crippen LogP contribution is -2.36. The monoisotopic (exact) mass is 314 g/mol. The van der Waals surface area contributed by atoms with Crippen molar-refractivity contribution in [2.75, 3.05) is 16.8 Å². The summed E-state index contributed by atoms with van der Waals surface area (Å²) < 4.78 is 0. The van der Waals surface area contributed by atoms with Gasteiger partial charge in [0.1, 0.15) is 0 Å². The summed E-state index contributed by atoms with van der Waals surface area (Å²) in [6, 6.07) is 15.9. The maximum absolute atomic E-state index is 12.5. The van der Waals surface area contributed by atoms with Crippen molar-refractivity contribution in [1.82, 2.24) is 0 Å². The maximum Gasteiger partial charge on any atom is 0.229 e. The Morgan fingerprint density at radius 3 is 2.91 bits per heavy atom. The highest BCUT2D eigenvalue weighted by atomic mass is 35.5. The van der Waals surface area contributed by atoms with Gasteiger partial charge in [0.25, 0.3) is 0 Å². The van der Waals surface area contributed by atoms with Crippen LogP contribution in [0.3, 0.4) is 0 Å². The maximum atomic E-state index is 12.5. The molecule has 3 rings (SSSR count). The molecular weight excluding hydrogens is 296 g/mol. The number of hydrogen-bond donors (Lipinski definition) is 1. The Morgan fingerprint density at radius 2 is 2.09 bits per heavy atom. The minimum Gasteiger partial charge on any atom is -0.384 e. The van der Waals surface area contributed by atoms with Gasteiger partial charge < -0.3 is 10.2 Å². The van der Waals surface area contributed by atoms with Gasteiger partial charge in [0.15, 0.2) is 0 Å². The largest absolute Gasteiger partial charge is 0.384 e. The van der Waals surface area contributed by atoms with Crippen LogP contribution in [0, 0.1) is 0 Å². The number of benzene rings is 2. The minimum atomic E-state index is 0.159. The Bertz CT molecular complexity index is 686. The highest BCUT2D eigenvalue weighted by Gasteiger charge is 2.29. The Labute approximate surface area is 135 Å². The molecule has 0 aromatic heterocycles. The van der Waals surface area contributed by atoms with Gasteiger partial charge in [-0.3, -0.25) is 4.79 Å². The number of nitrogens with zero attached hydrogens (tertiary/aromatic N) is 1. The highest BCUT2D eigenvalue weighted by Crippen LogP contribution is 2.32. The lowest BCUT2D eigenvalue weighted by atomic mass is 10.1. The second kappa shape index (κ2) is 6.41. The normalized spacial score (nSPS) is 16.5. The van der Waals surface area contributed by atoms with Gasteiger partial charge in [-0.15, -0.1) is 0 Å². The lowest BCUT2D eigenvalue weighted by Gasteiger charge is -2.23. The molecule has 114 valence electrons. The van der Waals surface area contributed by atoms with E-state index in [1.807, 2.05) is 47.4 Å². The van der Waals surface area contributed by atoms with E-state index in [0.717, 1.165) is 17.8 Å². The van der Waals surface area contributed by atoms with Crippen LogP contribution in [-0.4, -0.2) is 18.5 Å². The number of rotatable bonds is 4. The highest BCUT2D eigenvalue weighted by molar-refractivity contribution is 6.30. The number of halogens is 1. The van der Waals surface area contributed by atoms with Crippen molar-refractivity contribution in [3.63, 3.8) is 0 Å². The first-order valence-corrected chi connectivity index (χ1v) is 7.92. The predicted octanol–water partition coefficient (Wildman–Crippen LogP) is 4.12. The fraction of sp³-hybridized carbons (Fsp3) is 0.278. The number of carbonyl (C=O) groups excluding carboxylic acids is 1. The van der Waals surface area contributed by atoms with Crippen molar-refractivity contribution < 1.29 is 4.79 Å². The molecular formula is C18H19ClN2O. The third-order valence-electron chi connectivity index (χ3n) is 3.97. The zero-order valence-corrected chi connectivity index (χ0v) is 13.3. The summed E-state index contributed by atoms with van der Waals surface area (Å²) in [4.78, 5) is 14.5. The molecule has 1 amide bonds. The molecule has 0 spiro atoms. The number of amides is 1. The Balaban J connectivity index is 1.61. The summed E-state index contributed by atoms with van der Waals surface area (Å²) in [7, 11) is 0. The SMILES string of the molecule is CC1Cc2ccccc2N1C(=O)CCNc1cccc(Cl)c1. The first kappa shape index (κ1) is 14.9. The van der Waals surface area contributed by atoms with E-state index in [1.54, 1.807) is 0 Å². The van der Waals surface area contributed by atoms with Gasteiger partial charge in [-0.25, -0.2) is 0 Å². The second-order valence-electron chi connectivity index (χ2n) is 5.63. The molecule has 4 heteroatoms. The van der Waals surface area contributed by atoms with Crippen LogP contribution in [0.2, 0.25) is 5.02 Å². The molecule has 0 saturated carbocycles. The first-order valence-electron chi connectivity index (χ1n) is 7.54. The second-order valence-corrected chi connectivity index (χ2v) is 6.07. The molecule has 2 aromatic rings. The van der Waals surface area contributed by atoms with Crippen molar-refractivity contribution in [2.24, 2.45) is 0 Å². The van der Waals surface area contributed by atoms with Crippen molar-refractivity contribution in [3.8, 4) is 0 Å². The number of hydrogen-bond acceptors (Lipinski definition) is 2. The molecule has 1 aliphatic heterocycles. The average molecular weight is 315 g/mol. The molecule has 1 heterocycles. The lowest BCUT2D eigenvalue weighted by molar-refractivity contribution is -0.118. The number of anilines is 2.